The molecule has 1 rings (SSSR count). The van der Waals surface area contributed by atoms with E-state index < -0.39 is 10.0 Å². The van der Waals surface area contributed by atoms with Crippen LogP contribution < -0.4 is 0 Å². The van der Waals surface area contributed by atoms with E-state index >= 15 is 0 Å². The minimum atomic E-state index is -3.32. The lowest BCUT2D eigenvalue weighted by atomic mass is 10.2. The number of amides is 1. The van der Waals surface area contributed by atoms with Crippen LogP contribution in [0.5, 0.6) is 0 Å². The second-order valence-corrected chi connectivity index (χ2v) is 7.68. The van der Waals surface area contributed by atoms with Crippen molar-refractivity contribution in [3.05, 3.63) is 0 Å². The molecule has 0 aliphatic carbocycles. The molecule has 1 N–H and O–H groups in total. The van der Waals surface area contributed by atoms with Crippen LogP contribution in [0.4, 0.5) is 0 Å². The Bertz CT molecular complexity index is 414. The summed E-state index contributed by atoms with van der Waals surface area (Å²) in [6, 6.07) is 0. The van der Waals surface area contributed by atoms with Crippen LogP contribution >= 0.6 is 0 Å². The molecule has 1 amide bonds. The standard InChI is InChI=1S/C12H25N3O4S/c1-11(16)10-14-5-7-15(8-6-14)12(17)4-9-20(18,19)13(2)3/h11,16H,4-10H2,1-3H3/t11-/m0/s1. The Balaban J connectivity index is 2.36. The number of rotatable bonds is 6. The number of hydrogen-bond acceptors (Lipinski definition) is 5. The molecule has 0 aromatic heterocycles. The maximum absolute atomic E-state index is 12.0. The van der Waals surface area contributed by atoms with Gasteiger partial charge in [0.15, 0.2) is 0 Å². The van der Waals surface area contributed by atoms with Crippen LogP contribution in [0.25, 0.3) is 0 Å². The van der Waals surface area contributed by atoms with Gasteiger partial charge in [-0.25, -0.2) is 12.7 Å². The van der Waals surface area contributed by atoms with Gasteiger partial charge in [0.2, 0.25) is 15.9 Å². The quantitative estimate of drug-likeness (QED) is 0.666. The Hall–Kier alpha value is -0.700. The number of piperazine rings is 1. The zero-order valence-electron chi connectivity index (χ0n) is 12.4. The van der Waals surface area contributed by atoms with Crippen LogP contribution in [-0.4, -0.2) is 92.2 Å². The molecule has 1 atom stereocenters. The van der Waals surface area contributed by atoms with Gasteiger partial charge in [-0.1, -0.05) is 0 Å². The molecule has 0 saturated carbocycles. The highest BCUT2D eigenvalue weighted by atomic mass is 32.2. The van der Waals surface area contributed by atoms with E-state index in [4.69, 9.17) is 0 Å². The Morgan fingerprint density at radius 3 is 2.25 bits per heavy atom. The van der Waals surface area contributed by atoms with Crippen molar-refractivity contribution in [1.82, 2.24) is 14.1 Å². The second kappa shape index (κ2) is 7.35. The van der Waals surface area contributed by atoms with Crippen LogP contribution in [0.15, 0.2) is 0 Å². The minimum absolute atomic E-state index is 0.0247. The van der Waals surface area contributed by atoms with Crippen LogP contribution in [0.3, 0.4) is 0 Å². The van der Waals surface area contributed by atoms with Gasteiger partial charge in [0.25, 0.3) is 0 Å². The molecular weight excluding hydrogens is 282 g/mol. The van der Waals surface area contributed by atoms with Gasteiger partial charge in [-0.15, -0.1) is 0 Å². The van der Waals surface area contributed by atoms with Gasteiger partial charge in [-0.3, -0.25) is 9.69 Å². The summed E-state index contributed by atoms with van der Waals surface area (Å²) in [5, 5.41) is 9.31. The van der Waals surface area contributed by atoms with Gasteiger partial charge < -0.3 is 10.0 Å². The Labute approximate surface area is 121 Å². The predicted octanol–water partition coefficient (Wildman–Crippen LogP) is -1.21. The van der Waals surface area contributed by atoms with Crippen molar-refractivity contribution in [2.75, 3.05) is 52.6 Å². The van der Waals surface area contributed by atoms with Gasteiger partial charge in [-0.2, -0.15) is 0 Å². The number of carbonyl (C=O) groups excluding carboxylic acids is 1. The third kappa shape index (κ3) is 5.35. The number of sulfonamides is 1. The van der Waals surface area contributed by atoms with Gasteiger partial charge in [0.05, 0.1) is 11.9 Å². The third-order valence-corrected chi connectivity index (χ3v) is 5.21. The van der Waals surface area contributed by atoms with E-state index in [1.807, 2.05) is 0 Å². The molecular formula is C12H25N3O4S. The zero-order chi connectivity index (χ0) is 15.3. The van der Waals surface area contributed by atoms with Crippen molar-refractivity contribution in [3.8, 4) is 0 Å². The molecule has 0 unspecified atom stereocenters. The highest BCUT2D eigenvalue weighted by Gasteiger charge is 2.23. The predicted molar refractivity (Wildman–Crippen MR) is 76.8 cm³/mol. The number of aliphatic hydroxyl groups is 1. The summed E-state index contributed by atoms with van der Waals surface area (Å²) in [5.41, 5.74) is 0. The molecule has 0 bridgehead atoms. The van der Waals surface area contributed by atoms with Crippen molar-refractivity contribution >= 4 is 15.9 Å². The number of aliphatic hydroxyl groups excluding tert-OH is 1. The highest BCUT2D eigenvalue weighted by Crippen LogP contribution is 2.06. The maximum Gasteiger partial charge on any atom is 0.223 e. The minimum Gasteiger partial charge on any atom is -0.392 e. The average molecular weight is 307 g/mol. The molecule has 1 saturated heterocycles. The fourth-order valence-corrected chi connectivity index (χ4v) is 2.91. The van der Waals surface area contributed by atoms with E-state index in [1.165, 1.54) is 14.1 Å². The number of nitrogens with zero attached hydrogens (tertiary/aromatic N) is 3. The Morgan fingerprint density at radius 2 is 1.80 bits per heavy atom. The number of carbonyl (C=O) groups is 1. The number of hydrogen-bond donors (Lipinski definition) is 1. The lowest BCUT2D eigenvalue weighted by Crippen LogP contribution is -2.50. The topological polar surface area (TPSA) is 81.2 Å². The van der Waals surface area contributed by atoms with Crippen LogP contribution in [0.2, 0.25) is 0 Å². The van der Waals surface area contributed by atoms with Gasteiger partial charge in [-0.05, 0) is 6.92 Å². The van der Waals surface area contributed by atoms with Gasteiger partial charge in [0, 0.05) is 53.2 Å². The monoisotopic (exact) mass is 307 g/mol. The fourth-order valence-electron chi connectivity index (χ4n) is 2.11. The van der Waals surface area contributed by atoms with Crippen molar-refractivity contribution in [2.45, 2.75) is 19.4 Å². The maximum atomic E-state index is 12.0. The summed E-state index contributed by atoms with van der Waals surface area (Å²) in [6.45, 7) is 4.97. The first-order valence-corrected chi connectivity index (χ1v) is 8.41. The molecule has 0 spiro atoms. The molecule has 1 fully saturated rings. The largest absolute Gasteiger partial charge is 0.392 e. The molecule has 20 heavy (non-hydrogen) atoms. The molecule has 0 aromatic rings. The summed E-state index contributed by atoms with van der Waals surface area (Å²) < 4.78 is 24.4. The molecule has 1 aliphatic heterocycles. The van der Waals surface area contributed by atoms with Crippen LogP contribution in [-0.2, 0) is 14.8 Å². The SMILES string of the molecule is C[C@H](O)CN1CCN(C(=O)CCS(=O)(=O)N(C)C)CC1. The van der Waals surface area contributed by atoms with E-state index in [1.54, 1.807) is 11.8 Å². The van der Waals surface area contributed by atoms with Gasteiger partial charge >= 0.3 is 0 Å². The van der Waals surface area contributed by atoms with E-state index in [0.717, 1.165) is 17.4 Å². The third-order valence-electron chi connectivity index (χ3n) is 3.38. The fraction of sp³-hybridized carbons (Fsp3) is 0.917. The molecule has 0 radical (unpaired) electrons. The van der Waals surface area contributed by atoms with Crippen molar-refractivity contribution in [1.29, 1.82) is 0 Å². The smallest absolute Gasteiger partial charge is 0.223 e. The first-order valence-electron chi connectivity index (χ1n) is 6.81. The van der Waals surface area contributed by atoms with E-state index in [-0.39, 0.29) is 24.2 Å². The first-order chi connectivity index (χ1) is 9.22. The average Bonchev–Trinajstić information content (AvgIpc) is 2.36. The lowest BCUT2D eigenvalue weighted by molar-refractivity contribution is -0.132. The van der Waals surface area contributed by atoms with Crippen LogP contribution in [0.1, 0.15) is 13.3 Å². The van der Waals surface area contributed by atoms with Gasteiger partial charge in [0.1, 0.15) is 0 Å². The zero-order valence-corrected chi connectivity index (χ0v) is 13.3. The Kier molecular flexibility index (Phi) is 6.38. The Morgan fingerprint density at radius 1 is 1.25 bits per heavy atom. The van der Waals surface area contributed by atoms with Crippen LogP contribution in [0, 0.1) is 0 Å². The summed E-state index contributed by atoms with van der Waals surface area (Å²) in [7, 11) is -0.382. The first kappa shape index (κ1) is 17.4. The van der Waals surface area contributed by atoms with Crippen molar-refractivity contribution < 1.29 is 18.3 Å². The van der Waals surface area contributed by atoms with Crippen molar-refractivity contribution in [2.24, 2.45) is 0 Å². The molecule has 118 valence electrons. The van der Waals surface area contributed by atoms with Crippen molar-refractivity contribution in [3.63, 3.8) is 0 Å². The number of β-amino-alcohol motifs (C(OH)–C–C–N with tert-alkyl or cyclic N) is 1. The molecule has 8 heteroatoms. The highest BCUT2D eigenvalue weighted by molar-refractivity contribution is 7.89. The van der Waals surface area contributed by atoms with E-state index in [2.05, 4.69) is 4.90 Å². The molecule has 0 aromatic carbocycles. The molecule has 1 aliphatic rings. The van der Waals surface area contributed by atoms with E-state index in [9.17, 15) is 18.3 Å². The lowest BCUT2D eigenvalue weighted by Gasteiger charge is -2.35. The molecule has 7 nitrogen and oxygen atoms in total. The summed E-state index contributed by atoms with van der Waals surface area (Å²) in [4.78, 5) is 15.8. The normalized spacial score (nSPS) is 19.4. The summed E-state index contributed by atoms with van der Waals surface area (Å²) in [6.07, 6.45) is -0.348. The summed E-state index contributed by atoms with van der Waals surface area (Å²) in [5.74, 6) is -0.265. The molecule has 1 heterocycles. The summed E-state index contributed by atoms with van der Waals surface area (Å²) >= 11 is 0. The second-order valence-electron chi connectivity index (χ2n) is 5.38. The van der Waals surface area contributed by atoms with E-state index in [0.29, 0.717) is 19.6 Å².